The number of carboxylic acids is 1. The molecule has 8 heteroatoms. The maximum Gasteiger partial charge on any atom is 0.339 e. The van der Waals surface area contributed by atoms with E-state index in [1.807, 2.05) is 0 Å². The minimum atomic E-state index is -1.22. The zero-order valence-corrected chi connectivity index (χ0v) is 13.3. The van der Waals surface area contributed by atoms with Crippen molar-refractivity contribution in [2.75, 3.05) is 0 Å². The van der Waals surface area contributed by atoms with Crippen molar-refractivity contribution in [3.05, 3.63) is 75.4 Å². The molecular formula is C17H10ClN3O4. The van der Waals surface area contributed by atoms with Crippen molar-refractivity contribution in [1.29, 1.82) is 0 Å². The van der Waals surface area contributed by atoms with E-state index in [9.17, 15) is 20.0 Å². The van der Waals surface area contributed by atoms with Crippen molar-refractivity contribution in [1.82, 2.24) is 9.97 Å². The second-order valence-corrected chi connectivity index (χ2v) is 5.51. The standard InChI is InChI=1S/C17H10ClN3O4/c18-12-6-4-10(5-7-12)16-19-9-14(17(22)23)15(20-16)11-2-1-3-13(8-11)21(24)25/h1-9H,(H,22,23). The summed E-state index contributed by atoms with van der Waals surface area (Å²) < 4.78 is 0. The first-order valence-electron chi connectivity index (χ1n) is 7.07. The summed E-state index contributed by atoms with van der Waals surface area (Å²) in [7, 11) is 0. The van der Waals surface area contributed by atoms with E-state index in [0.717, 1.165) is 0 Å². The van der Waals surface area contributed by atoms with Gasteiger partial charge in [-0.15, -0.1) is 0 Å². The Kier molecular flexibility index (Phi) is 4.40. The van der Waals surface area contributed by atoms with Crippen LogP contribution in [0.2, 0.25) is 5.02 Å². The van der Waals surface area contributed by atoms with Crippen molar-refractivity contribution in [3.8, 4) is 22.6 Å². The second-order valence-electron chi connectivity index (χ2n) is 5.08. The van der Waals surface area contributed by atoms with Crippen molar-refractivity contribution < 1.29 is 14.8 Å². The fourth-order valence-corrected chi connectivity index (χ4v) is 2.39. The smallest absolute Gasteiger partial charge is 0.339 e. The molecule has 0 fully saturated rings. The first-order valence-corrected chi connectivity index (χ1v) is 7.44. The molecule has 1 heterocycles. The van der Waals surface area contributed by atoms with Gasteiger partial charge in [0.15, 0.2) is 5.82 Å². The molecule has 0 radical (unpaired) electrons. The molecule has 0 bridgehead atoms. The second kappa shape index (κ2) is 6.66. The molecular weight excluding hydrogens is 346 g/mol. The van der Waals surface area contributed by atoms with Crippen LogP contribution in [-0.2, 0) is 0 Å². The van der Waals surface area contributed by atoms with Crippen molar-refractivity contribution in [2.24, 2.45) is 0 Å². The SMILES string of the molecule is O=C(O)c1cnc(-c2ccc(Cl)cc2)nc1-c1cccc([N+](=O)[O-])c1. The summed E-state index contributed by atoms with van der Waals surface area (Å²) in [5.74, 6) is -0.924. The van der Waals surface area contributed by atoms with Crippen molar-refractivity contribution in [2.45, 2.75) is 0 Å². The van der Waals surface area contributed by atoms with Crippen LogP contribution in [0.1, 0.15) is 10.4 Å². The van der Waals surface area contributed by atoms with Crippen LogP contribution >= 0.6 is 11.6 Å². The zero-order valence-electron chi connectivity index (χ0n) is 12.6. The first kappa shape index (κ1) is 16.5. The van der Waals surface area contributed by atoms with Gasteiger partial charge in [0.05, 0.1) is 10.6 Å². The molecule has 0 aliphatic rings. The van der Waals surface area contributed by atoms with Crippen LogP contribution in [0.3, 0.4) is 0 Å². The number of carbonyl (C=O) groups is 1. The quantitative estimate of drug-likeness (QED) is 0.558. The third-order valence-electron chi connectivity index (χ3n) is 3.45. The van der Waals surface area contributed by atoms with Crippen LogP contribution in [0.5, 0.6) is 0 Å². The predicted molar refractivity (Wildman–Crippen MR) is 91.5 cm³/mol. The molecule has 7 nitrogen and oxygen atoms in total. The Balaban J connectivity index is 2.17. The maximum absolute atomic E-state index is 11.5. The number of carboxylic acid groups (broad SMARTS) is 1. The molecule has 124 valence electrons. The van der Waals surface area contributed by atoms with Gasteiger partial charge < -0.3 is 5.11 Å². The van der Waals surface area contributed by atoms with E-state index in [2.05, 4.69) is 9.97 Å². The molecule has 0 aliphatic heterocycles. The number of non-ortho nitro benzene ring substituents is 1. The average molecular weight is 356 g/mol. The number of nitro groups is 1. The van der Waals surface area contributed by atoms with Gasteiger partial charge >= 0.3 is 5.97 Å². The average Bonchev–Trinajstić information content (AvgIpc) is 2.62. The number of hydrogen-bond acceptors (Lipinski definition) is 5. The Morgan fingerprint density at radius 3 is 2.48 bits per heavy atom. The molecule has 0 unspecified atom stereocenters. The summed E-state index contributed by atoms with van der Waals surface area (Å²) in [6.07, 6.45) is 1.19. The van der Waals surface area contributed by atoms with Gasteiger partial charge in [-0.25, -0.2) is 14.8 Å². The van der Waals surface area contributed by atoms with Gasteiger partial charge in [-0.1, -0.05) is 23.7 Å². The number of nitrogens with zero attached hydrogens (tertiary/aromatic N) is 3. The van der Waals surface area contributed by atoms with Crippen LogP contribution in [0.25, 0.3) is 22.6 Å². The van der Waals surface area contributed by atoms with Crippen LogP contribution in [0, 0.1) is 10.1 Å². The highest BCUT2D eigenvalue weighted by atomic mass is 35.5. The summed E-state index contributed by atoms with van der Waals surface area (Å²) in [6, 6.07) is 12.4. The van der Waals surface area contributed by atoms with E-state index in [0.29, 0.717) is 22.0 Å². The van der Waals surface area contributed by atoms with Crippen LogP contribution in [0.4, 0.5) is 5.69 Å². The highest BCUT2D eigenvalue weighted by molar-refractivity contribution is 6.30. The highest BCUT2D eigenvalue weighted by Gasteiger charge is 2.18. The Bertz CT molecular complexity index is 974. The molecule has 1 N–H and O–H groups in total. The Morgan fingerprint density at radius 2 is 1.84 bits per heavy atom. The summed E-state index contributed by atoms with van der Waals surface area (Å²) in [4.78, 5) is 30.3. The minimum Gasteiger partial charge on any atom is -0.478 e. The van der Waals surface area contributed by atoms with E-state index in [-0.39, 0.29) is 16.9 Å². The lowest BCUT2D eigenvalue weighted by Crippen LogP contribution is -2.05. The largest absolute Gasteiger partial charge is 0.478 e. The molecule has 3 aromatic rings. The summed E-state index contributed by atoms with van der Waals surface area (Å²) in [5.41, 5.74) is 0.784. The van der Waals surface area contributed by atoms with Crippen LogP contribution in [-0.4, -0.2) is 26.0 Å². The lowest BCUT2D eigenvalue weighted by molar-refractivity contribution is -0.384. The lowest BCUT2D eigenvalue weighted by atomic mass is 10.1. The predicted octanol–water partition coefficient (Wildman–Crippen LogP) is 4.07. The maximum atomic E-state index is 11.5. The fraction of sp³-hybridized carbons (Fsp3) is 0. The Morgan fingerprint density at radius 1 is 1.12 bits per heavy atom. The summed E-state index contributed by atoms with van der Waals surface area (Å²) in [6.45, 7) is 0. The van der Waals surface area contributed by atoms with Gasteiger partial charge in [0, 0.05) is 34.5 Å². The lowest BCUT2D eigenvalue weighted by Gasteiger charge is -2.08. The molecule has 0 saturated heterocycles. The van der Waals surface area contributed by atoms with Gasteiger partial charge in [-0.05, 0) is 24.3 Å². The molecule has 1 aromatic heterocycles. The monoisotopic (exact) mass is 355 g/mol. The zero-order chi connectivity index (χ0) is 18.0. The topological polar surface area (TPSA) is 106 Å². The number of aromatic carboxylic acids is 1. The Hall–Kier alpha value is -3.32. The summed E-state index contributed by atoms with van der Waals surface area (Å²) >= 11 is 5.86. The van der Waals surface area contributed by atoms with Gasteiger partial charge in [-0.2, -0.15) is 0 Å². The molecule has 25 heavy (non-hydrogen) atoms. The van der Waals surface area contributed by atoms with E-state index in [4.69, 9.17) is 11.6 Å². The van der Waals surface area contributed by atoms with Gasteiger partial charge in [-0.3, -0.25) is 10.1 Å². The van der Waals surface area contributed by atoms with Gasteiger partial charge in [0.2, 0.25) is 0 Å². The van der Waals surface area contributed by atoms with Gasteiger partial charge in [0.25, 0.3) is 5.69 Å². The fourth-order valence-electron chi connectivity index (χ4n) is 2.26. The number of hydrogen-bond donors (Lipinski definition) is 1. The molecule has 0 aliphatic carbocycles. The Labute approximate surface area is 146 Å². The van der Waals surface area contributed by atoms with Gasteiger partial charge in [0.1, 0.15) is 5.56 Å². The molecule has 0 amide bonds. The number of nitro benzene ring substituents is 1. The third-order valence-corrected chi connectivity index (χ3v) is 3.70. The van der Waals surface area contributed by atoms with Crippen molar-refractivity contribution in [3.63, 3.8) is 0 Å². The van der Waals surface area contributed by atoms with Crippen LogP contribution < -0.4 is 0 Å². The molecule has 0 saturated carbocycles. The molecule has 0 spiro atoms. The summed E-state index contributed by atoms with van der Waals surface area (Å²) in [5, 5.41) is 20.9. The van der Waals surface area contributed by atoms with E-state index < -0.39 is 10.9 Å². The number of rotatable bonds is 4. The third kappa shape index (κ3) is 3.46. The number of aromatic nitrogens is 2. The van der Waals surface area contributed by atoms with Crippen molar-refractivity contribution >= 4 is 23.3 Å². The highest BCUT2D eigenvalue weighted by Crippen LogP contribution is 2.27. The van der Waals surface area contributed by atoms with E-state index in [1.165, 1.54) is 24.4 Å². The van der Waals surface area contributed by atoms with E-state index in [1.54, 1.807) is 30.3 Å². The molecule has 3 rings (SSSR count). The van der Waals surface area contributed by atoms with Crippen LogP contribution in [0.15, 0.2) is 54.7 Å². The number of benzene rings is 2. The normalized spacial score (nSPS) is 10.4. The first-order chi connectivity index (χ1) is 12.0. The van der Waals surface area contributed by atoms with E-state index >= 15 is 0 Å². The molecule has 0 atom stereocenters. The molecule has 2 aromatic carbocycles. The minimum absolute atomic E-state index is 0.108. The number of halogens is 1.